The van der Waals surface area contributed by atoms with E-state index < -0.39 is 0 Å². The van der Waals surface area contributed by atoms with Crippen molar-refractivity contribution in [3.05, 3.63) is 65.2 Å². The van der Waals surface area contributed by atoms with Gasteiger partial charge < -0.3 is 9.88 Å². The average molecular weight is 337 g/mol. The molecule has 1 aliphatic heterocycles. The van der Waals surface area contributed by atoms with E-state index in [2.05, 4.69) is 9.97 Å². The van der Waals surface area contributed by atoms with Crippen LogP contribution in [0.3, 0.4) is 0 Å². The number of fused-ring (bicyclic) bond motifs is 1. The summed E-state index contributed by atoms with van der Waals surface area (Å²) in [5.41, 5.74) is 3.30. The lowest BCUT2D eigenvalue weighted by Gasteiger charge is -2.31. The maximum Gasteiger partial charge on any atom is 0.254 e. The van der Waals surface area contributed by atoms with Gasteiger partial charge in [0.25, 0.3) is 5.91 Å². The topological polar surface area (TPSA) is 49.0 Å². The van der Waals surface area contributed by atoms with Crippen molar-refractivity contribution in [2.24, 2.45) is 0 Å². The van der Waals surface area contributed by atoms with Crippen molar-refractivity contribution < 1.29 is 9.18 Å². The Morgan fingerprint density at radius 1 is 1.20 bits per heavy atom. The van der Waals surface area contributed by atoms with Gasteiger partial charge in [0.05, 0.1) is 11.0 Å². The first-order valence-corrected chi connectivity index (χ1v) is 8.62. The molecule has 0 spiro atoms. The highest BCUT2D eigenvalue weighted by molar-refractivity contribution is 5.95. The summed E-state index contributed by atoms with van der Waals surface area (Å²) in [5.74, 6) is 0.867. The molecule has 1 aromatic heterocycles. The van der Waals surface area contributed by atoms with Crippen LogP contribution in [0.4, 0.5) is 4.39 Å². The smallest absolute Gasteiger partial charge is 0.254 e. The van der Waals surface area contributed by atoms with Crippen LogP contribution in [0.15, 0.2) is 42.5 Å². The molecule has 2 aromatic carbocycles. The summed E-state index contributed by atoms with van der Waals surface area (Å²) in [5, 5.41) is 0. The number of nitrogens with zero attached hydrogens (tertiary/aromatic N) is 2. The molecule has 4 nitrogen and oxygen atoms in total. The molecule has 1 N–H and O–H groups in total. The number of aryl methyl sites for hydroxylation is 1. The van der Waals surface area contributed by atoms with E-state index in [9.17, 15) is 9.18 Å². The van der Waals surface area contributed by atoms with Crippen LogP contribution in [-0.4, -0.2) is 33.9 Å². The molecule has 0 aliphatic carbocycles. The van der Waals surface area contributed by atoms with Crippen LogP contribution in [0.1, 0.15) is 40.5 Å². The van der Waals surface area contributed by atoms with E-state index in [0.717, 1.165) is 35.3 Å². The third-order valence-electron chi connectivity index (χ3n) is 5.01. The second-order valence-electron chi connectivity index (χ2n) is 6.66. The summed E-state index contributed by atoms with van der Waals surface area (Å²) in [6, 6.07) is 12.4. The summed E-state index contributed by atoms with van der Waals surface area (Å²) >= 11 is 0. The number of rotatable bonds is 2. The minimum Gasteiger partial charge on any atom is -0.342 e. The van der Waals surface area contributed by atoms with Gasteiger partial charge in [-0.1, -0.05) is 18.2 Å². The number of piperidine rings is 1. The number of para-hydroxylation sites is 2. The van der Waals surface area contributed by atoms with Gasteiger partial charge >= 0.3 is 0 Å². The molecule has 0 radical (unpaired) electrons. The molecule has 25 heavy (non-hydrogen) atoms. The number of imidazole rings is 1. The molecule has 4 rings (SSSR count). The Hall–Kier alpha value is -2.69. The average Bonchev–Trinajstić information content (AvgIpc) is 3.07. The Morgan fingerprint density at radius 3 is 2.72 bits per heavy atom. The lowest BCUT2D eigenvalue weighted by molar-refractivity contribution is 0.0710. The fourth-order valence-corrected chi connectivity index (χ4v) is 3.52. The zero-order valence-corrected chi connectivity index (χ0v) is 14.1. The molecular formula is C20H20FN3O. The molecule has 0 atom stereocenters. The highest BCUT2D eigenvalue weighted by Gasteiger charge is 2.27. The van der Waals surface area contributed by atoms with E-state index >= 15 is 0 Å². The standard InChI is InChI=1S/C20H20FN3O/c1-13-6-7-15(21)12-16(13)20(25)24-10-8-14(9-11-24)19-22-17-4-2-3-5-18(17)23-19/h2-7,12,14H,8-11H2,1H3,(H,22,23). The van der Waals surface area contributed by atoms with Crippen molar-refractivity contribution in [1.82, 2.24) is 14.9 Å². The van der Waals surface area contributed by atoms with Gasteiger partial charge in [-0.05, 0) is 49.6 Å². The number of halogens is 1. The summed E-state index contributed by atoms with van der Waals surface area (Å²) in [6.07, 6.45) is 1.72. The second-order valence-corrected chi connectivity index (χ2v) is 6.66. The van der Waals surface area contributed by atoms with Gasteiger partial charge in [-0.3, -0.25) is 4.79 Å². The number of hydrogen-bond donors (Lipinski definition) is 1. The van der Waals surface area contributed by atoms with Crippen molar-refractivity contribution in [2.75, 3.05) is 13.1 Å². The van der Waals surface area contributed by atoms with Crippen molar-refractivity contribution in [3.63, 3.8) is 0 Å². The Kier molecular flexibility index (Phi) is 3.99. The highest BCUT2D eigenvalue weighted by Crippen LogP contribution is 2.28. The lowest BCUT2D eigenvalue weighted by atomic mass is 9.95. The molecule has 0 bridgehead atoms. The predicted molar refractivity (Wildman–Crippen MR) is 95.1 cm³/mol. The molecule has 1 amide bonds. The third kappa shape index (κ3) is 3.02. The number of nitrogens with one attached hydrogen (secondary N) is 1. The molecule has 1 saturated heterocycles. The van der Waals surface area contributed by atoms with Crippen LogP contribution < -0.4 is 0 Å². The number of hydrogen-bond acceptors (Lipinski definition) is 2. The Bertz CT molecular complexity index is 893. The minimum atomic E-state index is -0.369. The number of carbonyl (C=O) groups is 1. The van der Waals surface area contributed by atoms with Crippen molar-refractivity contribution in [1.29, 1.82) is 0 Å². The van der Waals surface area contributed by atoms with Crippen LogP contribution >= 0.6 is 0 Å². The zero-order chi connectivity index (χ0) is 17.4. The van der Waals surface area contributed by atoms with E-state index in [1.54, 1.807) is 6.07 Å². The molecular weight excluding hydrogens is 317 g/mol. The van der Waals surface area contributed by atoms with Crippen LogP contribution in [0.25, 0.3) is 11.0 Å². The van der Waals surface area contributed by atoms with Crippen LogP contribution in [0, 0.1) is 12.7 Å². The highest BCUT2D eigenvalue weighted by atomic mass is 19.1. The Labute approximate surface area is 145 Å². The molecule has 2 heterocycles. The fourth-order valence-electron chi connectivity index (χ4n) is 3.52. The SMILES string of the molecule is Cc1ccc(F)cc1C(=O)N1CCC(c2nc3ccccc3[nH]2)CC1. The van der Waals surface area contributed by atoms with Gasteiger partial charge in [0.2, 0.25) is 0 Å². The normalized spacial score (nSPS) is 15.7. The first-order chi connectivity index (χ1) is 12.1. The van der Waals surface area contributed by atoms with E-state index in [-0.39, 0.29) is 11.7 Å². The van der Waals surface area contributed by atoms with Gasteiger partial charge in [-0.2, -0.15) is 0 Å². The van der Waals surface area contributed by atoms with E-state index in [4.69, 9.17) is 0 Å². The monoisotopic (exact) mass is 337 g/mol. The summed E-state index contributed by atoms with van der Waals surface area (Å²) in [7, 11) is 0. The molecule has 0 saturated carbocycles. The number of H-pyrrole nitrogens is 1. The van der Waals surface area contributed by atoms with Crippen molar-refractivity contribution in [2.45, 2.75) is 25.7 Å². The Balaban J connectivity index is 1.47. The third-order valence-corrected chi connectivity index (χ3v) is 5.01. The second kappa shape index (κ2) is 6.31. The van der Waals surface area contributed by atoms with E-state index in [1.807, 2.05) is 36.1 Å². The summed E-state index contributed by atoms with van der Waals surface area (Å²) < 4.78 is 13.5. The quantitative estimate of drug-likeness (QED) is 0.767. The molecule has 5 heteroatoms. The number of likely N-dealkylation sites (tertiary alicyclic amines) is 1. The number of aromatic amines is 1. The molecule has 0 unspecified atom stereocenters. The van der Waals surface area contributed by atoms with E-state index in [1.165, 1.54) is 12.1 Å². The van der Waals surface area contributed by atoms with Crippen LogP contribution in [-0.2, 0) is 0 Å². The number of benzene rings is 2. The number of aromatic nitrogens is 2. The minimum absolute atomic E-state index is 0.0833. The fraction of sp³-hybridized carbons (Fsp3) is 0.300. The van der Waals surface area contributed by atoms with Crippen LogP contribution in [0.5, 0.6) is 0 Å². The lowest BCUT2D eigenvalue weighted by Crippen LogP contribution is -2.38. The van der Waals surface area contributed by atoms with E-state index in [0.29, 0.717) is 24.6 Å². The largest absolute Gasteiger partial charge is 0.342 e. The number of amides is 1. The van der Waals surface area contributed by atoms with Gasteiger partial charge in [0.15, 0.2) is 0 Å². The maximum absolute atomic E-state index is 13.5. The van der Waals surface area contributed by atoms with Crippen LogP contribution in [0.2, 0.25) is 0 Å². The molecule has 3 aromatic rings. The van der Waals surface area contributed by atoms with Crippen molar-refractivity contribution >= 4 is 16.9 Å². The molecule has 1 fully saturated rings. The van der Waals surface area contributed by atoms with Gasteiger partial charge in [0.1, 0.15) is 11.6 Å². The van der Waals surface area contributed by atoms with Crippen molar-refractivity contribution in [3.8, 4) is 0 Å². The molecule has 1 aliphatic rings. The summed E-state index contributed by atoms with van der Waals surface area (Å²) in [6.45, 7) is 3.17. The van der Waals surface area contributed by atoms with Gasteiger partial charge in [-0.15, -0.1) is 0 Å². The van der Waals surface area contributed by atoms with Gasteiger partial charge in [0, 0.05) is 24.6 Å². The first-order valence-electron chi connectivity index (χ1n) is 8.62. The zero-order valence-electron chi connectivity index (χ0n) is 14.1. The van der Waals surface area contributed by atoms with Gasteiger partial charge in [-0.25, -0.2) is 9.37 Å². The Morgan fingerprint density at radius 2 is 1.96 bits per heavy atom. The summed E-state index contributed by atoms with van der Waals surface area (Å²) in [4.78, 5) is 22.6. The maximum atomic E-state index is 13.5. The number of carbonyl (C=O) groups excluding carboxylic acids is 1. The predicted octanol–water partition coefficient (Wildman–Crippen LogP) is 4.03. The first kappa shape index (κ1) is 15.8. The molecule has 128 valence electrons.